The molecule has 0 saturated heterocycles. The van der Waals surface area contributed by atoms with Gasteiger partial charge >= 0.3 is 11.9 Å². The number of carbonyl (C=O) groups excluding carboxylic acids is 2. The van der Waals surface area contributed by atoms with E-state index in [9.17, 15) is 9.59 Å². The van der Waals surface area contributed by atoms with Gasteiger partial charge in [-0.05, 0) is 13.8 Å². The first kappa shape index (κ1) is 13.4. The van der Waals surface area contributed by atoms with E-state index in [1.54, 1.807) is 6.92 Å². The summed E-state index contributed by atoms with van der Waals surface area (Å²) in [4.78, 5) is 22.0. The predicted molar refractivity (Wildman–Crippen MR) is 51.5 cm³/mol. The summed E-state index contributed by atoms with van der Waals surface area (Å²) in [6, 6.07) is 0. The van der Waals surface area contributed by atoms with Crippen LogP contribution in [0.25, 0.3) is 0 Å². The van der Waals surface area contributed by atoms with Crippen molar-refractivity contribution >= 4 is 17.8 Å². The second-order valence-electron chi connectivity index (χ2n) is 2.69. The maximum absolute atomic E-state index is 11.1. The Hall–Kier alpha value is -1.59. The van der Waals surface area contributed by atoms with E-state index >= 15 is 0 Å². The molecule has 0 amide bonds. The SMILES string of the molecule is CCOC(=N)CC(=O)O[C@@H](C)C(=O)OC. The van der Waals surface area contributed by atoms with Crippen LogP contribution in [0.4, 0.5) is 0 Å². The molecule has 0 rings (SSSR count). The third kappa shape index (κ3) is 5.66. The second kappa shape index (κ2) is 6.80. The summed E-state index contributed by atoms with van der Waals surface area (Å²) in [6.45, 7) is 3.42. The monoisotopic (exact) mass is 217 g/mol. The molecule has 0 radical (unpaired) electrons. The van der Waals surface area contributed by atoms with E-state index < -0.39 is 18.0 Å². The van der Waals surface area contributed by atoms with Gasteiger partial charge in [-0.25, -0.2) is 4.79 Å². The molecule has 0 fully saturated rings. The predicted octanol–water partition coefficient (Wildman–Crippen LogP) is 0.495. The molecule has 0 aromatic heterocycles. The van der Waals surface area contributed by atoms with Crippen molar-refractivity contribution in [2.24, 2.45) is 0 Å². The number of hydrogen-bond donors (Lipinski definition) is 1. The van der Waals surface area contributed by atoms with Gasteiger partial charge in [-0.2, -0.15) is 0 Å². The lowest BCUT2D eigenvalue weighted by Gasteiger charge is -2.11. The number of hydrogen-bond acceptors (Lipinski definition) is 6. The van der Waals surface area contributed by atoms with Crippen LogP contribution in [0.5, 0.6) is 0 Å². The fraction of sp³-hybridized carbons (Fsp3) is 0.667. The van der Waals surface area contributed by atoms with Gasteiger partial charge in [0.05, 0.1) is 13.7 Å². The highest BCUT2D eigenvalue weighted by Crippen LogP contribution is 1.98. The van der Waals surface area contributed by atoms with E-state index in [0.717, 1.165) is 0 Å². The van der Waals surface area contributed by atoms with Crippen LogP contribution in [0.3, 0.4) is 0 Å². The summed E-state index contributed by atoms with van der Waals surface area (Å²) in [7, 11) is 1.20. The Morgan fingerprint density at radius 1 is 1.40 bits per heavy atom. The Balaban J connectivity index is 3.93. The molecule has 0 bridgehead atoms. The quantitative estimate of drug-likeness (QED) is 0.411. The topological polar surface area (TPSA) is 85.7 Å². The third-order valence-electron chi connectivity index (χ3n) is 1.46. The van der Waals surface area contributed by atoms with Crippen LogP contribution >= 0.6 is 0 Å². The minimum absolute atomic E-state index is 0.181. The Bertz CT molecular complexity index is 251. The zero-order chi connectivity index (χ0) is 11.8. The molecule has 0 aromatic rings. The normalized spacial score (nSPS) is 11.4. The number of nitrogens with one attached hydrogen (secondary N) is 1. The molecular weight excluding hydrogens is 202 g/mol. The first-order valence-electron chi connectivity index (χ1n) is 4.48. The maximum atomic E-state index is 11.1. The molecule has 0 aromatic carbocycles. The van der Waals surface area contributed by atoms with Crippen molar-refractivity contribution in [3.8, 4) is 0 Å². The summed E-state index contributed by atoms with van der Waals surface area (Å²) in [5.74, 6) is -1.50. The molecule has 0 aliphatic carbocycles. The lowest BCUT2D eigenvalue weighted by atomic mass is 10.4. The fourth-order valence-corrected chi connectivity index (χ4v) is 0.809. The zero-order valence-electron chi connectivity index (χ0n) is 9.03. The van der Waals surface area contributed by atoms with Crippen LogP contribution in [0, 0.1) is 5.41 Å². The van der Waals surface area contributed by atoms with Gasteiger partial charge in [-0.15, -0.1) is 0 Å². The van der Waals surface area contributed by atoms with Crippen molar-refractivity contribution in [3.63, 3.8) is 0 Å². The van der Waals surface area contributed by atoms with E-state index in [1.165, 1.54) is 14.0 Å². The van der Waals surface area contributed by atoms with Crippen LogP contribution in [0.2, 0.25) is 0 Å². The van der Waals surface area contributed by atoms with Crippen LogP contribution < -0.4 is 0 Å². The largest absolute Gasteiger partial charge is 0.481 e. The Morgan fingerprint density at radius 2 is 2.00 bits per heavy atom. The second-order valence-corrected chi connectivity index (χ2v) is 2.69. The molecule has 0 spiro atoms. The summed E-state index contributed by atoms with van der Waals surface area (Å²) in [6.07, 6.45) is -1.24. The van der Waals surface area contributed by atoms with E-state index in [-0.39, 0.29) is 12.3 Å². The van der Waals surface area contributed by atoms with E-state index in [1.807, 2.05) is 0 Å². The minimum Gasteiger partial charge on any atom is -0.481 e. The standard InChI is InChI=1S/C9H15NO5/c1-4-14-7(10)5-8(11)15-6(2)9(12)13-3/h6,10H,4-5H2,1-3H3/t6-/m0/s1. The van der Waals surface area contributed by atoms with E-state index in [0.29, 0.717) is 6.61 Å². The number of methoxy groups -OCH3 is 1. The number of esters is 2. The Kier molecular flexibility index (Phi) is 6.08. The van der Waals surface area contributed by atoms with Gasteiger partial charge in [-0.1, -0.05) is 0 Å². The first-order chi connectivity index (χ1) is 7.01. The summed E-state index contributed by atoms with van der Waals surface area (Å²) < 4.78 is 13.8. The van der Waals surface area contributed by atoms with Crippen molar-refractivity contribution in [1.82, 2.24) is 0 Å². The molecular formula is C9H15NO5. The van der Waals surface area contributed by atoms with Gasteiger partial charge in [0.15, 0.2) is 12.0 Å². The zero-order valence-corrected chi connectivity index (χ0v) is 9.03. The van der Waals surface area contributed by atoms with Gasteiger partial charge in [0, 0.05) is 0 Å². The van der Waals surface area contributed by atoms with Crippen LogP contribution in [0.15, 0.2) is 0 Å². The van der Waals surface area contributed by atoms with Gasteiger partial charge in [0.25, 0.3) is 0 Å². The van der Waals surface area contributed by atoms with Crippen LogP contribution in [-0.2, 0) is 23.8 Å². The summed E-state index contributed by atoms with van der Waals surface area (Å²) in [5, 5.41) is 7.18. The minimum atomic E-state index is -0.961. The Labute approximate surface area is 88.0 Å². The van der Waals surface area contributed by atoms with Crippen LogP contribution in [-0.4, -0.2) is 37.7 Å². The molecule has 6 nitrogen and oxygen atoms in total. The van der Waals surface area contributed by atoms with E-state index in [4.69, 9.17) is 10.1 Å². The Morgan fingerprint density at radius 3 is 2.47 bits per heavy atom. The molecule has 15 heavy (non-hydrogen) atoms. The highest BCUT2D eigenvalue weighted by molar-refractivity contribution is 5.93. The highest BCUT2D eigenvalue weighted by Gasteiger charge is 2.19. The molecule has 0 aliphatic heterocycles. The molecule has 6 heteroatoms. The molecule has 1 N–H and O–H groups in total. The number of carbonyl (C=O) groups is 2. The fourth-order valence-electron chi connectivity index (χ4n) is 0.809. The summed E-state index contributed by atoms with van der Waals surface area (Å²) >= 11 is 0. The number of ether oxygens (including phenoxy) is 3. The number of rotatable bonds is 5. The molecule has 86 valence electrons. The van der Waals surface area contributed by atoms with Gasteiger partial charge < -0.3 is 14.2 Å². The highest BCUT2D eigenvalue weighted by atomic mass is 16.6. The molecule has 0 aliphatic rings. The molecule has 0 heterocycles. The molecule has 0 saturated carbocycles. The third-order valence-corrected chi connectivity index (χ3v) is 1.46. The lowest BCUT2D eigenvalue weighted by Crippen LogP contribution is -2.26. The first-order valence-corrected chi connectivity index (χ1v) is 4.48. The van der Waals surface area contributed by atoms with Gasteiger partial charge in [0.1, 0.15) is 6.42 Å². The average Bonchev–Trinajstić information content (AvgIpc) is 2.16. The lowest BCUT2D eigenvalue weighted by molar-refractivity contribution is -0.164. The van der Waals surface area contributed by atoms with Crippen molar-refractivity contribution < 1.29 is 23.8 Å². The smallest absolute Gasteiger partial charge is 0.346 e. The van der Waals surface area contributed by atoms with Crippen molar-refractivity contribution in [3.05, 3.63) is 0 Å². The van der Waals surface area contributed by atoms with Crippen molar-refractivity contribution in [2.75, 3.05) is 13.7 Å². The van der Waals surface area contributed by atoms with Crippen molar-refractivity contribution in [1.29, 1.82) is 5.41 Å². The van der Waals surface area contributed by atoms with Gasteiger partial charge in [0.2, 0.25) is 0 Å². The molecule has 1 atom stereocenters. The maximum Gasteiger partial charge on any atom is 0.346 e. The van der Waals surface area contributed by atoms with Gasteiger partial charge in [-0.3, -0.25) is 10.2 Å². The average molecular weight is 217 g/mol. The van der Waals surface area contributed by atoms with Crippen molar-refractivity contribution in [2.45, 2.75) is 26.4 Å². The van der Waals surface area contributed by atoms with E-state index in [2.05, 4.69) is 9.47 Å². The summed E-state index contributed by atoms with van der Waals surface area (Å²) in [5.41, 5.74) is 0. The molecule has 0 unspecified atom stereocenters. The van der Waals surface area contributed by atoms with Crippen LogP contribution in [0.1, 0.15) is 20.3 Å².